The van der Waals surface area contributed by atoms with Crippen LogP contribution in [0.5, 0.6) is 5.75 Å². The van der Waals surface area contributed by atoms with Crippen molar-refractivity contribution in [3.05, 3.63) is 47.3 Å². The van der Waals surface area contributed by atoms with Gasteiger partial charge in [0.25, 0.3) is 0 Å². The second kappa shape index (κ2) is 4.32. The van der Waals surface area contributed by atoms with E-state index >= 15 is 0 Å². The zero-order chi connectivity index (χ0) is 9.38. The van der Waals surface area contributed by atoms with Gasteiger partial charge in [0.2, 0.25) is 0 Å². The van der Waals surface area contributed by atoms with Gasteiger partial charge in [-0.1, -0.05) is 24.3 Å². The quantitative estimate of drug-likeness (QED) is 0.699. The summed E-state index contributed by atoms with van der Waals surface area (Å²) in [7, 11) is 0. The number of fused-ring (bicyclic) bond motifs is 2. The van der Waals surface area contributed by atoms with Crippen molar-refractivity contribution in [1.82, 2.24) is 0 Å². The number of nitrogens with zero attached hydrogens (tertiary/aromatic N) is 1. The van der Waals surface area contributed by atoms with Gasteiger partial charge >= 0.3 is 0 Å². The number of rotatable bonds is 0. The minimum atomic E-state index is 0. The van der Waals surface area contributed by atoms with Gasteiger partial charge in [-0.05, 0) is 28.5 Å². The maximum Gasteiger partial charge on any atom is 0.118 e. The van der Waals surface area contributed by atoms with Gasteiger partial charge in [-0.15, -0.1) is 6.54 Å². The molecule has 3 rings (SSSR count). The molecule has 0 spiro atoms. The average Bonchev–Trinajstić information content (AvgIpc) is 2.26. The molecule has 0 saturated carbocycles. The van der Waals surface area contributed by atoms with Crippen molar-refractivity contribution in [2.24, 2.45) is 0 Å². The zero-order valence-electron chi connectivity index (χ0n) is 8.11. The van der Waals surface area contributed by atoms with Crippen LogP contribution in [0.15, 0.2) is 36.4 Å². The van der Waals surface area contributed by atoms with Gasteiger partial charge in [0.05, 0.1) is 0 Å². The van der Waals surface area contributed by atoms with E-state index in [2.05, 4.69) is 35.6 Å². The Balaban J connectivity index is 0.000000853. The van der Waals surface area contributed by atoms with Gasteiger partial charge in [-0.2, -0.15) is 0 Å². The maximum atomic E-state index is 5.46. The first-order valence-electron chi connectivity index (χ1n) is 4.71. The summed E-state index contributed by atoms with van der Waals surface area (Å²) in [6.07, 6.45) is 0. The Morgan fingerprint density at radius 3 is 2.60 bits per heavy atom. The Morgan fingerprint density at radius 1 is 1.07 bits per heavy atom. The summed E-state index contributed by atoms with van der Waals surface area (Å²) < 4.78 is 5.46. The number of ether oxygens (including phenoxy) is 1. The largest absolute Gasteiger partial charge is 0.625 e. The van der Waals surface area contributed by atoms with Crippen LogP contribution in [0.2, 0.25) is 0 Å². The Hall–Kier alpha value is -0.878. The predicted octanol–water partition coefficient (Wildman–Crippen LogP) is 3.06. The predicted molar refractivity (Wildman–Crippen MR) is 56.5 cm³/mol. The van der Waals surface area contributed by atoms with E-state index in [1.165, 1.54) is 16.3 Å². The van der Waals surface area contributed by atoms with Crippen LogP contribution in [-0.4, -0.2) is 6.73 Å². The second-order valence-corrected chi connectivity index (χ2v) is 3.46. The molecule has 1 heterocycles. The van der Waals surface area contributed by atoms with Crippen LogP contribution in [0, 0.1) is 0 Å². The van der Waals surface area contributed by atoms with E-state index in [9.17, 15) is 0 Å². The molecule has 15 heavy (non-hydrogen) atoms. The first-order chi connectivity index (χ1) is 6.93. The fraction of sp³-hybridized carbons (Fsp3) is 0.167. The van der Waals surface area contributed by atoms with Gasteiger partial charge < -0.3 is 10.1 Å². The van der Waals surface area contributed by atoms with Crippen molar-refractivity contribution in [2.75, 3.05) is 6.73 Å². The van der Waals surface area contributed by atoms with Crippen molar-refractivity contribution in [3.63, 3.8) is 0 Å². The monoisotopic (exact) mass is 371 g/mol. The summed E-state index contributed by atoms with van der Waals surface area (Å²) >= 11 is 0. The molecule has 1 aliphatic rings. The van der Waals surface area contributed by atoms with Crippen molar-refractivity contribution in [3.8, 4) is 5.75 Å². The van der Waals surface area contributed by atoms with E-state index in [1.54, 1.807) is 0 Å². The van der Waals surface area contributed by atoms with Crippen LogP contribution in [0.4, 0.5) is 0 Å². The molecule has 3 heteroatoms. The molecule has 1 aliphatic heterocycles. The minimum absolute atomic E-state index is 0. The molecule has 77 valence electrons. The number of benzene rings is 2. The maximum absolute atomic E-state index is 5.46. The van der Waals surface area contributed by atoms with Crippen LogP contribution < -0.4 is 4.74 Å². The molecule has 0 N–H and O–H groups in total. The Kier molecular flexibility index (Phi) is 3.06. The number of hydrogen-bond acceptors (Lipinski definition) is 1. The summed E-state index contributed by atoms with van der Waals surface area (Å²) in [4.78, 5) is 0. The van der Waals surface area contributed by atoms with E-state index in [1.807, 2.05) is 6.07 Å². The molecular formula is C12H10NORe-. The molecule has 0 amide bonds. The Labute approximate surface area is 102 Å². The molecule has 0 fully saturated rings. The SMILES string of the molecule is [Re].c1ccc2cc3c(cc2c1)C[N-]CO3. The molecule has 2 aromatic rings. The van der Waals surface area contributed by atoms with Crippen LogP contribution in [-0.2, 0) is 27.0 Å². The summed E-state index contributed by atoms with van der Waals surface area (Å²) in [5.41, 5.74) is 1.19. The fourth-order valence-corrected chi connectivity index (χ4v) is 1.81. The first-order valence-corrected chi connectivity index (χ1v) is 4.71. The first kappa shape index (κ1) is 10.6. The van der Waals surface area contributed by atoms with Gasteiger partial charge in [0.15, 0.2) is 0 Å². The van der Waals surface area contributed by atoms with Crippen molar-refractivity contribution < 1.29 is 25.2 Å². The van der Waals surface area contributed by atoms with Crippen molar-refractivity contribution >= 4 is 10.8 Å². The Bertz CT molecular complexity index is 440. The average molecular weight is 370 g/mol. The van der Waals surface area contributed by atoms with Crippen LogP contribution in [0.1, 0.15) is 5.56 Å². The normalized spacial score (nSPS) is 13.9. The van der Waals surface area contributed by atoms with Crippen LogP contribution in [0.25, 0.3) is 16.1 Å². The van der Waals surface area contributed by atoms with Gasteiger partial charge in [0.1, 0.15) is 5.75 Å². The fourth-order valence-electron chi connectivity index (χ4n) is 1.81. The Morgan fingerprint density at radius 2 is 1.80 bits per heavy atom. The second-order valence-electron chi connectivity index (χ2n) is 3.46. The van der Waals surface area contributed by atoms with Crippen molar-refractivity contribution in [2.45, 2.75) is 6.54 Å². The van der Waals surface area contributed by atoms with E-state index in [-0.39, 0.29) is 20.4 Å². The third-order valence-corrected chi connectivity index (χ3v) is 2.52. The van der Waals surface area contributed by atoms with E-state index in [0.29, 0.717) is 6.73 Å². The molecule has 0 saturated heterocycles. The smallest absolute Gasteiger partial charge is 0.118 e. The molecule has 2 aromatic carbocycles. The molecule has 2 nitrogen and oxygen atoms in total. The molecule has 0 bridgehead atoms. The summed E-state index contributed by atoms with van der Waals surface area (Å²) in [5.74, 6) is 0.985. The molecule has 0 aliphatic carbocycles. The van der Waals surface area contributed by atoms with E-state index in [0.717, 1.165) is 12.3 Å². The molecule has 1 radical (unpaired) electrons. The molecule has 0 unspecified atom stereocenters. The van der Waals surface area contributed by atoms with Crippen LogP contribution >= 0.6 is 0 Å². The topological polar surface area (TPSA) is 23.3 Å². The zero-order valence-corrected chi connectivity index (χ0v) is 10.8. The van der Waals surface area contributed by atoms with Gasteiger partial charge in [-0.3, -0.25) is 0 Å². The van der Waals surface area contributed by atoms with E-state index in [4.69, 9.17) is 4.74 Å². The van der Waals surface area contributed by atoms with Gasteiger partial charge in [-0.25, -0.2) is 0 Å². The molecular weight excluding hydrogens is 360 g/mol. The van der Waals surface area contributed by atoms with Crippen molar-refractivity contribution in [1.29, 1.82) is 0 Å². The summed E-state index contributed by atoms with van der Waals surface area (Å²) in [6, 6.07) is 12.6. The summed E-state index contributed by atoms with van der Waals surface area (Å²) in [5, 5.41) is 6.69. The van der Waals surface area contributed by atoms with E-state index < -0.39 is 0 Å². The minimum Gasteiger partial charge on any atom is -0.625 e. The third-order valence-electron chi connectivity index (χ3n) is 2.52. The third kappa shape index (κ3) is 1.91. The molecule has 0 aromatic heterocycles. The standard InChI is InChI=1S/C12H10NO.Re/c1-2-4-10-6-12-11(5-9(10)3-1)7-13-8-14-12;/h1-6H,7-8H2;/q-1;. The molecule has 0 atom stereocenters. The van der Waals surface area contributed by atoms with Crippen LogP contribution in [0.3, 0.4) is 0 Å². The van der Waals surface area contributed by atoms with Gasteiger partial charge in [0, 0.05) is 27.2 Å². The summed E-state index contributed by atoms with van der Waals surface area (Å²) in [6.45, 7) is 1.27. The number of hydrogen-bond donors (Lipinski definition) is 0.